The number of aromatic hydroxyl groups is 1. The summed E-state index contributed by atoms with van der Waals surface area (Å²) in [6, 6.07) is 11.8. The van der Waals surface area contributed by atoms with Gasteiger partial charge in [-0.1, -0.05) is 23.7 Å². The van der Waals surface area contributed by atoms with E-state index in [0.29, 0.717) is 17.3 Å². The van der Waals surface area contributed by atoms with Gasteiger partial charge in [-0.05, 0) is 42.8 Å². The minimum absolute atomic E-state index is 0.0144. The van der Waals surface area contributed by atoms with E-state index in [2.05, 4.69) is 5.32 Å². The molecule has 0 heterocycles. The first-order valence-electron chi connectivity index (χ1n) is 6.58. The van der Waals surface area contributed by atoms with Crippen molar-refractivity contribution in [2.24, 2.45) is 0 Å². The zero-order chi connectivity index (χ0) is 15.2. The second-order valence-electron chi connectivity index (χ2n) is 4.46. The molecule has 0 aliphatic rings. The number of phenols is 1. The molecule has 2 aromatic rings. The highest BCUT2D eigenvalue weighted by atomic mass is 35.5. The van der Waals surface area contributed by atoms with Crippen LogP contribution in [0.3, 0.4) is 0 Å². The molecule has 4 nitrogen and oxygen atoms in total. The summed E-state index contributed by atoms with van der Waals surface area (Å²) >= 11 is 5.83. The van der Waals surface area contributed by atoms with Crippen LogP contribution < -0.4 is 10.1 Å². The zero-order valence-corrected chi connectivity index (χ0v) is 12.4. The van der Waals surface area contributed by atoms with Crippen molar-refractivity contribution in [1.82, 2.24) is 0 Å². The van der Waals surface area contributed by atoms with Gasteiger partial charge < -0.3 is 15.2 Å². The van der Waals surface area contributed by atoms with Crippen molar-refractivity contribution >= 4 is 23.2 Å². The Kier molecular flexibility index (Phi) is 5.06. The van der Waals surface area contributed by atoms with Gasteiger partial charge in [0, 0.05) is 5.02 Å². The van der Waals surface area contributed by atoms with E-state index in [1.54, 1.807) is 6.07 Å². The van der Waals surface area contributed by atoms with Crippen molar-refractivity contribution in [1.29, 1.82) is 0 Å². The minimum Gasteiger partial charge on any atom is -0.506 e. The molecule has 0 aliphatic heterocycles. The van der Waals surface area contributed by atoms with Crippen LogP contribution in [-0.4, -0.2) is 17.6 Å². The molecule has 2 N–H and O–H groups in total. The smallest absolute Gasteiger partial charge is 0.228 e. The van der Waals surface area contributed by atoms with E-state index in [0.717, 1.165) is 11.3 Å². The molecule has 0 aliphatic carbocycles. The van der Waals surface area contributed by atoms with Crippen LogP contribution in [0.2, 0.25) is 5.02 Å². The predicted octanol–water partition coefficient (Wildman–Crippen LogP) is 3.63. The van der Waals surface area contributed by atoms with Gasteiger partial charge in [-0.3, -0.25) is 4.79 Å². The Morgan fingerprint density at radius 3 is 2.62 bits per heavy atom. The molecule has 2 rings (SSSR count). The lowest BCUT2D eigenvalue weighted by Gasteiger charge is -2.08. The molecule has 0 bridgehead atoms. The monoisotopic (exact) mass is 305 g/mol. The maximum absolute atomic E-state index is 12.0. The third-order valence-corrected chi connectivity index (χ3v) is 3.07. The number of hydrogen-bond acceptors (Lipinski definition) is 3. The normalized spacial score (nSPS) is 10.2. The summed E-state index contributed by atoms with van der Waals surface area (Å²) in [5, 5.41) is 12.7. The summed E-state index contributed by atoms with van der Waals surface area (Å²) in [7, 11) is 0. The standard InChI is InChI=1S/C16H16ClNO3/c1-2-21-13-6-3-11(4-7-13)9-16(20)18-14-10-12(17)5-8-15(14)19/h3-8,10,19H,2,9H2,1H3,(H,18,20). The van der Waals surface area contributed by atoms with Crippen LogP contribution in [0.5, 0.6) is 11.5 Å². The number of halogens is 1. The summed E-state index contributed by atoms with van der Waals surface area (Å²) in [5.41, 5.74) is 1.16. The predicted molar refractivity (Wildman–Crippen MR) is 83.1 cm³/mol. The van der Waals surface area contributed by atoms with E-state index in [-0.39, 0.29) is 18.1 Å². The molecule has 0 saturated carbocycles. The Hall–Kier alpha value is -2.20. The fraction of sp³-hybridized carbons (Fsp3) is 0.188. The molecule has 0 saturated heterocycles. The topological polar surface area (TPSA) is 58.6 Å². The molecule has 110 valence electrons. The lowest BCUT2D eigenvalue weighted by Crippen LogP contribution is -2.14. The van der Waals surface area contributed by atoms with Gasteiger partial charge in [0.1, 0.15) is 11.5 Å². The highest BCUT2D eigenvalue weighted by molar-refractivity contribution is 6.31. The van der Waals surface area contributed by atoms with Crippen LogP contribution in [0.25, 0.3) is 0 Å². The van der Waals surface area contributed by atoms with Crippen molar-refractivity contribution in [2.45, 2.75) is 13.3 Å². The van der Waals surface area contributed by atoms with Gasteiger partial charge in [-0.2, -0.15) is 0 Å². The van der Waals surface area contributed by atoms with Crippen molar-refractivity contribution in [3.63, 3.8) is 0 Å². The SMILES string of the molecule is CCOc1ccc(CC(=O)Nc2cc(Cl)ccc2O)cc1. The molecule has 0 unspecified atom stereocenters. The second-order valence-corrected chi connectivity index (χ2v) is 4.90. The van der Waals surface area contributed by atoms with Crippen LogP contribution in [0.4, 0.5) is 5.69 Å². The molecule has 5 heteroatoms. The first kappa shape index (κ1) is 15.2. The van der Waals surface area contributed by atoms with Crippen LogP contribution in [-0.2, 0) is 11.2 Å². The summed E-state index contributed by atoms with van der Waals surface area (Å²) in [4.78, 5) is 12.0. The molecule has 21 heavy (non-hydrogen) atoms. The van der Waals surface area contributed by atoms with E-state index >= 15 is 0 Å². The van der Waals surface area contributed by atoms with E-state index in [9.17, 15) is 9.90 Å². The Morgan fingerprint density at radius 1 is 1.24 bits per heavy atom. The Balaban J connectivity index is 1.99. The highest BCUT2D eigenvalue weighted by Gasteiger charge is 2.08. The van der Waals surface area contributed by atoms with Crippen LogP contribution in [0, 0.1) is 0 Å². The summed E-state index contributed by atoms with van der Waals surface area (Å²) < 4.78 is 5.34. The fourth-order valence-electron chi connectivity index (χ4n) is 1.86. The Bertz CT molecular complexity index is 626. The van der Waals surface area contributed by atoms with Crippen molar-refractivity contribution in [2.75, 3.05) is 11.9 Å². The van der Waals surface area contributed by atoms with Crippen molar-refractivity contribution < 1.29 is 14.6 Å². The quantitative estimate of drug-likeness (QED) is 0.829. The molecule has 0 atom stereocenters. The number of anilines is 1. The van der Waals surface area contributed by atoms with Gasteiger partial charge in [-0.25, -0.2) is 0 Å². The Morgan fingerprint density at radius 2 is 1.95 bits per heavy atom. The molecule has 0 fully saturated rings. The van der Waals surface area contributed by atoms with Crippen LogP contribution in [0.15, 0.2) is 42.5 Å². The molecule has 2 aromatic carbocycles. The van der Waals surface area contributed by atoms with E-state index in [1.165, 1.54) is 12.1 Å². The number of nitrogens with one attached hydrogen (secondary N) is 1. The molecular formula is C16H16ClNO3. The maximum atomic E-state index is 12.0. The van der Waals surface area contributed by atoms with Crippen molar-refractivity contribution in [3.8, 4) is 11.5 Å². The maximum Gasteiger partial charge on any atom is 0.228 e. The average molecular weight is 306 g/mol. The van der Waals surface area contributed by atoms with Gasteiger partial charge in [-0.15, -0.1) is 0 Å². The van der Waals surface area contributed by atoms with Gasteiger partial charge in [0.05, 0.1) is 18.7 Å². The number of phenolic OH excluding ortho intramolecular Hbond substituents is 1. The molecule has 0 spiro atoms. The average Bonchev–Trinajstić information content (AvgIpc) is 2.45. The molecule has 0 radical (unpaired) electrons. The fourth-order valence-corrected chi connectivity index (χ4v) is 2.03. The number of benzene rings is 2. The number of ether oxygens (including phenoxy) is 1. The van der Waals surface area contributed by atoms with E-state index in [1.807, 2.05) is 31.2 Å². The van der Waals surface area contributed by atoms with Gasteiger partial charge in [0.15, 0.2) is 0 Å². The van der Waals surface area contributed by atoms with Crippen LogP contribution >= 0.6 is 11.6 Å². The number of hydrogen-bond donors (Lipinski definition) is 2. The zero-order valence-electron chi connectivity index (χ0n) is 11.6. The largest absolute Gasteiger partial charge is 0.506 e. The number of rotatable bonds is 5. The third kappa shape index (κ3) is 4.39. The van der Waals surface area contributed by atoms with Gasteiger partial charge in [0.2, 0.25) is 5.91 Å². The summed E-state index contributed by atoms with van der Waals surface area (Å²) in [6.45, 7) is 2.52. The third-order valence-electron chi connectivity index (χ3n) is 2.83. The molecule has 1 amide bonds. The number of amides is 1. The lowest BCUT2D eigenvalue weighted by molar-refractivity contribution is -0.115. The second kappa shape index (κ2) is 6.99. The van der Waals surface area contributed by atoms with Crippen molar-refractivity contribution in [3.05, 3.63) is 53.1 Å². The highest BCUT2D eigenvalue weighted by Crippen LogP contribution is 2.26. The lowest BCUT2D eigenvalue weighted by atomic mass is 10.1. The first-order valence-corrected chi connectivity index (χ1v) is 6.96. The molecule has 0 aromatic heterocycles. The number of carbonyl (C=O) groups excluding carboxylic acids is 1. The number of carbonyl (C=O) groups is 1. The molecular weight excluding hydrogens is 290 g/mol. The van der Waals surface area contributed by atoms with E-state index in [4.69, 9.17) is 16.3 Å². The summed E-state index contributed by atoms with van der Waals surface area (Å²) in [6.07, 6.45) is 0.207. The minimum atomic E-state index is -0.225. The Labute approximate surface area is 128 Å². The van der Waals surface area contributed by atoms with Crippen LogP contribution in [0.1, 0.15) is 12.5 Å². The summed E-state index contributed by atoms with van der Waals surface area (Å²) in [5.74, 6) is 0.533. The van der Waals surface area contributed by atoms with E-state index < -0.39 is 0 Å². The van der Waals surface area contributed by atoms with Gasteiger partial charge >= 0.3 is 0 Å². The van der Waals surface area contributed by atoms with Gasteiger partial charge in [0.25, 0.3) is 0 Å². The first-order chi connectivity index (χ1) is 10.1.